The number of benzene rings is 2. The average molecular weight is 337 g/mol. The molecule has 1 saturated heterocycles. The molecular weight excluding hydrogens is 322 g/mol. The maximum absolute atomic E-state index is 13.6. The third-order valence-corrected chi connectivity index (χ3v) is 4.15. The number of hydrogen-bond donors (Lipinski definition) is 0. The van der Waals surface area contributed by atoms with Crippen LogP contribution in [0, 0.1) is 11.7 Å². The summed E-state index contributed by atoms with van der Waals surface area (Å²) in [5.41, 5.74) is 0.174. The lowest BCUT2D eigenvalue weighted by Crippen LogP contribution is -2.50. The molecule has 0 atom stereocenters. The Hall–Kier alpha value is -2.37. The van der Waals surface area contributed by atoms with Crippen LogP contribution in [0.2, 0.25) is 0 Å². The Bertz CT molecular complexity index is 733. The molecule has 0 radical (unpaired) electrons. The van der Waals surface area contributed by atoms with Gasteiger partial charge in [-0.3, -0.25) is 4.79 Å². The summed E-state index contributed by atoms with van der Waals surface area (Å²) in [6, 6.07) is 10.9. The zero-order valence-electron chi connectivity index (χ0n) is 12.7. The van der Waals surface area contributed by atoms with E-state index in [-0.39, 0.29) is 17.4 Å². The Balaban J connectivity index is 1.56. The van der Waals surface area contributed by atoms with Crippen LogP contribution in [-0.4, -0.2) is 23.9 Å². The molecule has 2 nitrogen and oxygen atoms in total. The number of rotatable bonds is 3. The molecule has 1 aliphatic rings. The second kappa shape index (κ2) is 6.26. The Kier molecular flexibility index (Phi) is 4.30. The van der Waals surface area contributed by atoms with Gasteiger partial charge in [0.25, 0.3) is 5.91 Å². The van der Waals surface area contributed by atoms with Crippen LogP contribution in [0.25, 0.3) is 0 Å². The van der Waals surface area contributed by atoms with Crippen LogP contribution in [0.1, 0.15) is 21.5 Å². The number of likely N-dealkylation sites (tertiary alicyclic amines) is 1. The number of carbonyl (C=O) groups excluding carboxylic acids is 1. The molecule has 1 fully saturated rings. The third kappa shape index (κ3) is 3.42. The van der Waals surface area contributed by atoms with Crippen molar-refractivity contribution in [3.05, 3.63) is 71.0 Å². The standard InChI is InChI=1S/C18H15F4NO/c19-16-4-2-1-3-15(16)17(24)23-10-13(11-23)9-12-5-7-14(8-6-12)18(20,21)22/h1-8,13H,9-11H2. The molecule has 6 heteroatoms. The predicted octanol–water partition coefficient (Wildman–Crippen LogP) is 4.16. The minimum atomic E-state index is -4.34. The quantitative estimate of drug-likeness (QED) is 0.770. The SMILES string of the molecule is O=C(c1ccccc1F)N1CC(Cc2ccc(C(F)(F)F)cc2)C1. The number of carbonyl (C=O) groups is 1. The van der Waals surface area contributed by atoms with Gasteiger partial charge in [0.05, 0.1) is 11.1 Å². The molecule has 0 bridgehead atoms. The van der Waals surface area contributed by atoms with Crippen LogP contribution in [0.4, 0.5) is 17.6 Å². The molecule has 1 amide bonds. The van der Waals surface area contributed by atoms with Crippen LogP contribution >= 0.6 is 0 Å². The lowest BCUT2D eigenvalue weighted by Gasteiger charge is -2.39. The minimum Gasteiger partial charge on any atom is -0.338 e. The maximum atomic E-state index is 13.6. The van der Waals surface area contributed by atoms with E-state index >= 15 is 0 Å². The number of hydrogen-bond acceptors (Lipinski definition) is 1. The van der Waals surface area contributed by atoms with E-state index in [2.05, 4.69) is 0 Å². The van der Waals surface area contributed by atoms with Gasteiger partial charge in [-0.2, -0.15) is 13.2 Å². The Morgan fingerprint density at radius 3 is 2.25 bits per heavy atom. The molecule has 24 heavy (non-hydrogen) atoms. The molecule has 126 valence electrons. The predicted molar refractivity (Wildman–Crippen MR) is 80.9 cm³/mol. The molecule has 1 heterocycles. The average Bonchev–Trinajstić information content (AvgIpc) is 2.50. The van der Waals surface area contributed by atoms with E-state index in [0.29, 0.717) is 19.5 Å². The fourth-order valence-electron chi connectivity index (χ4n) is 2.83. The van der Waals surface area contributed by atoms with Gasteiger partial charge in [-0.1, -0.05) is 24.3 Å². The van der Waals surface area contributed by atoms with Crippen molar-refractivity contribution >= 4 is 5.91 Å². The molecule has 0 N–H and O–H groups in total. The Morgan fingerprint density at radius 2 is 1.67 bits per heavy atom. The maximum Gasteiger partial charge on any atom is 0.416 e. The van der Waals surface area contributed by atoms with Gasteiger partial charge in [-0.05, 0) is 42.2 Å². The van der Waals surface area contributed by atoms with Gasteiger partial charge in [0.1, 0.15) is 5.82 Å². The second-order valence-electron chi connectivity index (χ2n) is 5.95. The topological polar surface area (TPSA) is 20.3 Å². The van der Waals surface area contributed by atoms with Gasteiger partial charge in [-0.15, -0.1) is 0 Å². The largest absolute Gasteiger partial charge is 0.416 e. The van der Waals surface area contributed by atoms with Gasteiger partial charge in [0.2, 0.25) is 0 Å². The van der Waals surface area contributed by atoms with E-state index in [4.69, 9.17) is 0 Å². The van der Waals surface area contributed by atoms with E-state index in [1.807, 2.05) is 0 Å². The summed E-state index contributed by atoms with van der Waals surface area (Å²) in [6.45, 7) is 0.961. The van der Waals surface area contributed by atoms with Crippen molar-refractivity contribution in [2.75, 3.05) is 13.1 Å². The molecule has 0 spiro atoms. The molecule has 2 aromatic rings. The monoisotopic (exact) mass is 337 g/mol. The first-order valence-corrected chi connectivity index (χ1v) is 7.54. The Morgan fingerprint density at radius 1 is 1.04 bits per heavy atom. The number of alkyl halides is 3. The molecule has 0 aliphatic carbocycles. The Labute approximate surface area is 136 Å². The van der Waals surface area contributed by atoms with Gasteiger partial charge in [-0.25, -0.2) is 4.39 Å². The normalized spacial score (nSPS) is 15.2. The van der Waals surface area contributed by atoms with Crippen LogP contribution < -0.4 is 0 Å². The highest BCUT2D eigenvalue weighted by atomic mass is 19.4. The second-order valence-corrected chi connectivity index (χ2v) is 5.95. The van der Waals surface area contributed by atoms with Gasteiger partial charge >= 0.3 is 6.18 Å². The zero-order valence-corrected chi connectivity index (χ0v) is 12.7. The summed E-state index contributed by atoms with van der Waals surface area (Å²) in [6.07, 6.45) is -3.74. The summed E-state index contributed by atoms with van der Waals surface area (Å²) in [5.74, 6) is -0.720. The lowest BCUT2D eigenvalue weighted by molar-refractivity contribution is -0.137. The van der Waals surface area contributed by atoms with Crippen molar-refractivity contribution in [3.63, 3.8) is 0 Å². The summed E-state index contributed by atoms with van der Waals surface area (Å²) in [5, 5.41) is 0. The summed E-state index contributed by atoms with van der Waals surface area (Å²) < 4.78 is 51.2. The van der Waals surface area contributed by atoms with Crippen LogP contribution in [-0.2, 0) is 12.6 Å². The van der Waals surface area contributed by atoms with Gasteiger partial charge in [0, 0.05) is 13.1 Å². The molecule has 2 aromatic carbocycles. The highest BCUT2D eigenvalue weighted by molar-refractivity contribution is 5.95. The van der Waals surface area contributed by atoms with Crippen molar-refractivity contribution in [1.29, 1.82) is 0 Å². The highest BCUT2D eigenvalue weighted by Gasteiger charge is 2.33. The van der Waals surface area contributed by atoms with Crippen molar-refractivity contribution in [1.82, 2.24) is 4.90 Å². The van der Waals surface area contributed by atoms with Crippen molar-refractivity contribution in [3.8, 4) is 0 Å². The lowest BCUT2D eigenvalue weighted by atomic mass is 9.91. The molecule has 1 aliphatic heterocycles. The first-order valence-electron chi connectivity index (χ1n) is 7.54. The van der Waals surface area contributed by atoms with Crippen LogP contribution in [0.15, 0.2) is 48.5 Å². The molecule has 0 aromatic heterocycles. The fourth-order valence-corrected chi connectivity index (χ4v) is 2.83. The first kappa shape index (κ1) is 16.5. The van der Waals surface area contributed by atoms with Crippen LogP contribution in [0.5, 0.6) is 0 Å². The highest BCUT2D eigenvalue weighted by Crippen LogP contribution is 2.30. The number of amides is 1. The van der Waals surface area contributed by atoms with E-state index in [1.54, 1.807) is 11.0 Å². The minimum absolute atomic E-state index is 0.0467. The number of halogens is 4. The molecule has 0 unspecified atom stereocenters. The van der Waals surface area contributed by atoms with Gasteiger partial charge < -0.3 is 4.90 Å². The summed E-state index contributed by atoms with van der Waals surface area (Å²) >= 11 is 0. The summed E-state index contributed by atoms with van der Waals surface area (Å²) in [7, 11) is 0. The van der Waals surface area contributed by atoms with Crippen molar-refractivity contribution < 1.29 is 22.4 Å². The fraction of sp³-hybridized carbons (Fsp3) is 0.278. The van der Waals surface area contributed by atoms with E-state index < -0.39 is 17.6 Å². The number of nitrogens with zero attached hydrogens (tertiary/aromatic N) is 1. The zero-order chi connectivity index (χ0) is 17.3. The first-order chi connectivity index (χ1) is 11.3. The van der Waals surface area contributed by atoms with E-state index in [1.165, 1.54) is 30.3 Å². The molecule has 3 rings (SSSR count). The summed E-state index contributed by atoms with van der Waals surface area (Å²) in [4.78, 5) is 13.7. The van der Waals surface area contributed by atoms with Gasteiger partial charge in [0.15, 0.2) is 0 Å². The smallest absolute Gasteiger partial charge is 0.338 e. The third-order valence-electron chi connectivity index (χ3n) is 4.15. The molecular formula is C18H15F4NO. The van der Waals surface area contributed by atoms with Crippen molar-refractivity contribution in [2.45, 2.75) is 12.6 Å². The molecule has 0 saturated carbocycles. The van der Waals surface area contributed by atoms with Crippen LogP contribution in [0.3, 0.4) is 0 Å². The van der Waals surface area contributed by atoms with E-state index in [9.17, 15) is 22.4 Å². The van der Waals surface area contributed by atoms with Crippen molar-refractivity contribution in [2.24, 2.45) is 5.92 Å². The van der Waals surface area contributed by atoms with E-state index in [0.717, 1.165) is 17.7 Å².